The molecule has 0 aromatic heterocycles. The number of benzene rings is 2. The molecule has 0 amide bonds. The number of aliphatic hydroxyl groups excluding tert-OH is 1. The Morgan fingerprint density at radius 2 is 1.83 bits per heavy atom. The first-order chi connectivity index (χ1) is 8.56. The first kappa shape index (κ1) is 13.5. The average Bonchev–Trinajstić information content (AvgIpc) is 2.33. The van der Waals surface area contributed by atoms with Crippen LogP contribution in [0.3, 0.4) is 0 Å². The zero-order valence-electron chi connectivity index (χ0n) is 9.41. The molecule has 2 aromatic rings. The van der Waals surface area contributed by atoms with E-state index in [2.05, 4.69) is 15.9 Å². The van der Waals surface area contributed by atoms with Crippen LogP contribution in [0.2, 0.25) is 5.02 Å². The highest BCUT2D eigenvalue weighted by molar-refractivity contribution is 9.10. The third-order valence-corrected chi connectivity index (χ3v) is 3.56. The summed E-state index contributed by atoms with van der Waals surface area (Å²) in [4.78, 5) is 0. The molecule has 1 N–H and O–H groups in total. The second-order valence-electron chi connectivity index (χ2n) is 4.01. The second-order valence-corrected chi connectivity index (χ2v) is 5.33. The van der Waals surface area contributed by atoms with Crippen molar-refractivity contribution in [2.75, 3.05) is 0 Å². The zero-order valence-corrected chi connectivity index (χ0v) is 11.7. The van der Waals surface area contributed by atoms with Crippen molar-refractivity contribution in [1.82, 2.24) is 0 Å². The summed E-state index contributed by atoms with van der Waals surface area (Å²) >= 11 is 9.26. The second kappa shape index (κ2) is 5.83. The monoisotopic (exact) mass is 328 g/mol. The van der Waals surface area contributed by atoms with Crippen LogP contribution in [-0.2, 0) is 6.42 Å². The third kappa shape index (κ3) is 3.31. The van der Waals surface area contributed by atoms with E-state index in [0.717, 1.165) is 15.6 Å². The van der Waals surface area contributed by atoms with Crippen molar-refractivity contribution in [2.24, 2.45) is 0 Å². The van der Waals surface area contributed by atoms with Gasteiger partial charge in [-0.3, -0.25) is 0 Å². The average molecular weight is 330 g/mol. The fraction of sp³-hybridized carbons (Fsp3) is 0.143. The molecule has 4 heteroatoms. The first-order valence-electron chi connectivity index (χ1n) is 5.44. The van der Waals surface area contributed by atoms with Gasteiger partial charge in [-0.15, -0.1) is 0 Å². The van der Waals surface area contributed by atoms with Crippen LogP contribution >= 0.6 is 27.5 Å². The van der Waals surface area contributed by atoms with Gasteiger partial charge < -0.3 is 5.11 Å². The van der Waals surface area contributed by atoms with Crippen LogP contribution in [0.1, 0.15) is 17.2 Å². The molecule has 1 unspecified atom stereocenters. The van der Waals surface area contributed by atoms with Gasteiger partial charge in [0, 0.05) is 15.9 Å². The van der Waals surface area contributed by atoms with Crippen molar-refractivity contribution in [3.05, 3.63) is 68.9 Å². The van der Waals surface area contributed by atoms with Crippen LogP contribution in [0.5, 0.6) is 0 Å². The van der Waals surface area contributed by atoms with E-state index in [9.17, 15) is 9.50 Å². The van der Waals surface area contributed by atoms with E-state index in [1.807, 2.05) is 24.3 Å². The van der Waals surface area contributed by atoms with Crippen LogP contribution in [0, 0.1) is 5.82 Å². The van der Waals surface area contributed by atoms with Crippen LogP contribution in [0.15, 0.2) is 46.9 Å². The number of aliphatic hydroxyl groups is 1. The summed E-state index contributed by atoms with van der Waals surface area (Å²) in [5, 5.41) is 10.4. The molecule has 0 saturated heterocycles. The lowest BCUT2D eigenvalue weighted by atomic mass is 10.0. The normalized spacial score (nSPS) is 12.4. The zero-order chi connectivity index (χ0) is 13.1. The van der Waals surface area contributed by atoms with Gasteiger partial charge in [0.25, 0.3) is 0 Å². The summed E-state index contributed by atoms with van der Waals surface area (Å²) < 4.78 is 13.9. The van der Waals surface area contributed by atoms with Crippen LogP contribution in [0.25, 0.3) is 0 Å². The molecule has 0 fully saturated rings. The lowest BCUT2D eigenvalue weighted by Gasteiger charge is -2.12. The summed E-state index contributed by atoms with van der Waals surface area (Å²) in [6.07, 6.45) is -0.290. The van der Waals surface area contributed by atoms with Gasteiger partial charge in [-0.25, -0.2) is 4.39 Å². The Bertz CT molecular complexity index is 542. The topological polar surface area (TPSA) is 20.2 Å². The third-order valence-electron chi connectivity index (χ3n) is 2.68. The molecule has 0 saturated carbocycles. The Balaban J connectivity index is 2.15. The molecule has 0 aliphatic carbocycles. The molecular weight excluding hydrogens is 319 g/mol. The molecule has 2 aromatic carbocycles. The van der Waals surface area contributed by atoms with Gasteiger partial charge in [-0.05, 0) is 35.4 Å². The van der Waals surface area contributed by atoms with Crippen LogP contribution < -0.4 is 0 Å². The van der Waals surface area contributed by atoms with Gasteiger partial charge in [0.05, 0.1) is 6.10 Å². The van der Waals surface area contributed by atoms with Gasteiger partial charge in [-0.1, -0.05) is 45.7 Å². The Kier molecular flexibility index (Phi) is 4.38. The molecule has 1 nitrogen and oxygen atoms in total. The van der Waals surface area contributed by atoms with E-state index in [0.29, 0.717) is 11.4 Å². The standard InChI is InChI=1S/C14H11BrClFO/c15-11-4-1-9(2-5-11)14(18)7-10-3-6-12(17)8-13(10)16/h1-6,8,14,18H,7H2. The Morgan fingerprint density at radius 1 is 1.17 bits per heavy atom. The van der Waals surface area contributed by atoms with E-state index in [1.54, 1.807) is 6.07 Å². The molecule has 1 atom stereocenters. The number of hydrogen-bond acceptors (Lipinski definition) is 1. The highest BCUT2D eigenvalue weighted by Crippen LogP contribution is 2.25. The number of halogens is 3. The highest BCUT2D eigenvalue weighted by atomic mass is 79.9. The molecular formula is C14H11BrClFO. The van der Waals surface area contributed by atoms with Crippen LogP contribution in [-0.4, -0.2) is 5.11 Å². The summed E-state index contributed by atoms with van der Waals surface area (Å²) in [6.45, 7) is 0. The van der Waals surface area contributed by atoms with E-state index >= 15 is 0 Å². The van der Waals surface area contributed by atoms with Crippen molar-refractivity contribution in [3.8, 4) is 0 Å². The quantitative estimate of drug-likeness (QED) is 0.878. The highest BCUT2D eigenvalue weighted by Gasteiger charge is 2.11. The van der Waals surface area contributed by atoms with Gasteiger partial charge in [0.2, 0.25) is 0 Å². The molecule has 0 bridgehead atoms. The lowest BCUT2D eigenvalue weighted by Crippen LogP contribution is -2.02. The molecule has 0 aliphatic heterocycles. The molecule has 0 spiro atoms. The maximum absolute atomic E-state index is 12.9. The molecule has 94 valence electrons. The van der Waals surface area contributed by atoms with Gasteiger partial charge in [0.15, 0.2) is 0 Å². The van der Waals surface area contributed by atoms with Crippen molar-refractivity contribution in [2.45, 2.75) is 12.5 Å². The minimum atomic E-state index is -0.652. The molecule has 0 radical (unpaired) electrons. The van der Waals surface area contributed by atoms with Gasteiger partial charge >= 0.3 is 0 Å². The Labute approximate surface area is 118 Å². The number of hydrogen-bond donors (Lipinski definition) is 1. The predicted octanol–water partition coefficient (Wildman–Crippen LogP) is 4.52. The largest absolute Gasteiger partial charge is 0.388 e. The van der Waals surface area contributed by atoms with Crippen molar-refractivity contribution in [3.63, 3.8) is 0 Å². The first-order valence-corrected chi connectivity index (χ1v) is 6.61. The maximum atomic E-state index is 12.9. The smallest absolute Gasteiger partial charge is 0.124 e. The Hall–Kier alpha value is -0.900. The fourth-order valence-corrected chi connectivity index (χ4v) is 2.21. The fourth-order valence-electron chi connectivity index (χ4n) is 1.70. The molecule has 0 heterocycles. The lowest BCUT2D eigenvalue weighted by molar-refractivity contribution is 0.178. The van der Waals surface area contributed by atoms with Crippen molar-refractivity contribution >= 4 is 27.5 Å². The van der Waals surface area contributed by atoms with E-state index < -0.39 is 6.10 Å². The molecule has 2 rings (SSSR count). The van der Waals surface area contributed by atoms with E-state index in [1.165, 1.54) is 12.1 Å². The summed E-state index contributed by atoms with van der Waals surface area (Å²) in [5.74, 6) is -0.373. The maximum Gasteiger partial charge on any atom is 0.124 e. The van der Waals surface area contributed by atoms with Crippen molar-refractivity contribution < 1.29 is 9.50 Å². The van der Waals surface area contributed by atoms with E-state index in [4.69, 9.17) is 11.6 Å². The summed E-state index contributed by atoms with van der Waals surface area (Å²) in [6, 6.07) is 11.6. The van der Waals surface area contributed by atoms with E-state index in [-0.39, 0.29) is 5.82 Å². The minimum Gasteiger partial charge on any atom is -0.388 e. The Morgan fingerprint density at radius 3 is 2.44 bits per heavy atom. The summed E-state index contributed by atoms with van der Waals surface area (Å²) in [7, 11) is 0. The number of rotatable bonds is 3. The molecule has 18 heavy (non-hydrogen) atoms. The van der Waals surface area contributed by atoms with Gasteiger partial charge in [-0.2, -0.15) is 0 Å². The minimum absolute atomic E-state index is 0.339. The molecule has 0 aliphatic rings. The van der Waals surface area contributed by atoms with Crippen LogP contribution in [0.4, 0.5) is 4.39 Å². The van der Waals surface area contributed by atoms with Gasteiger partial charge in [0.1, 0.15) is 5.82 Å². The predicted molar refractivity (Wildman–Crippen MR) is 74.2 cm³/mol. The summed E-state index contributed by atoms with van der Waals surface area (Å²) in [5.41, 5.74) is 1.53. The van der Waals surface area contributed by atoms with Crippen molar-refractivity contribution in [1.29, 1.82) is 0 Å². The SMILES string of the molecule is OC(Cc1ccc(F)cc1Cl)c1ccc(Br)cc1.